The molecule has 0 spiro atoms. The first-order chi connectivity index (χ1) is 11.1. The van der Waals surface area contributed by atoms with Crippen molar-refractivity contribution in [1.29, 1.82) is 0 Å². The highest BCUT2D eigenvalue weighted by atomic mass is 16.2. The van der Waals surface area contributed by atoms with E-state index in [0.29, 0.717) is 6.42 Å². The standard InChI is InChI=1S/C19H20N2O2/c1-13-6-5-8-16(14(13)2)20-18(22)12-21-17-9-4-3-7-15(17)10-11-19(21)23/h3-9H,10-12H2,1-2H3,(H,20,22). The summed E-state index contributed by atoms with van der Waals surface area (Å²) in [6, 6.07) is 13.6. The number of rotatable bonds is 3. The van der Waals surface area contributed by atoms with Crippen molar-refractivity contribution in [2.45, 2.75) is 26.7 Å². The van der Waals surface area contributed by atoms with Gasteiger partial charge in [0.2, 0.25) is 11.8 Å². The first-order valence-corrected chi connectivity index (χ1v) is 7.80. The Kier molecular flexibility index (Phi) is 4.15. The zero-order valence-electron chi connectivity index (χ0n) is 13.4. The van der Waals surface area contributed by atoms with Crippen LogP contribution in [0, 0.1) is 13.8 Å². The third-order valence-electron chi connectivity index (χ3n) is 4.37. The number of fused-ring (bicyclic) bond motifs is 1. The highest BCUT2D eigenvalue weighted by molar-refractivity contribution is 6.04. The molecule has 0 bridgehead atoms. The molecule has 1 aliphatic rings. The minimum Gasteiger partial charge on any atom is -0.324 e. The van der Waals surface area contributed by atoms with Gasteiger partial charge in [-0.25, -0.2) is 0 Å². The molecule has 2 aromatic rings. The molecule has 4 heteroatoms. The number of anilines is 2. The number of carbonyl (C=O) groups is 2. The molecular weight excluding hydrogens is 288 g/mol. The van der Waals surface area contributed by atoms with Gasteiger partial charge in [0.15, 0.2) is 0 Å². The second-order valence-corrected chi connectivity index (χ2v) is 5.90. The van der Waals surface area contributed by atoms with E-state index in [1.165, 1.54) is 0 Å². The highest BCUT2D eigenvalue weighted by Gasteiger charge is 2.25. The summed E-state index contributed by atoms with van der Waals surface area (Å²) in [5, 5.41) is 2.92. The van der Waals surface area contributed by atoms with Crippen LogP contribution in [0.5, 0.6) is 0 Å². The van der Waals surface area contributed by atoms with Crippen LogP contribution in [0.25, 0.3) is 0 Å². The smallest absolute Gasteiger partial charge is 0.244 e. The van der Waals surface area contributed by atoms with Gasteiger partial charge in [0.1, 0.15) is 6.54 Å². The second-order valence-electron chi connectivity index (χ2n) is 5.90. The van der Waals surface area contributed by atoms with E-state index >= 15 is 0 Å². The first kappa shape index (κ1) is 15.3. The molecule has 0 atom stereocenters. The summed E-state index contributed by atoms with van der Waals surface area (Å²) >= 11 is 0. The van der Waals surface area contributed by atoms with Crippen LogP contribution in [0.1, 0.15) is 23.1 Å². The molecule has 3 rings (SSSR count). The van der Waals surface area contributed by atoms with Crippen molar-refractivity contribution in [2.75, 3.05) is 16.8 Å². The topological polar surface area (TPSA) is 49.4 Å². The Morgan fingerprint density at radius 3 is 2.70 bits per heavy atom. The van der Waals surface area contributed by atoms with Crippen LogP contribution < -0.4 is 10.2 Å². The lowest BCUT2D eigenvalue weighted by Gasteiger charge is -2.28. The molecule has 0 fully saturated rings. The van der Waals surface area contributed by atoms with Gasteiger partial charge in [-0.3, -0.25) is 9.59 Å². The van der Waals surface area contributed by atoms with Crippen LogP contribution in [0.3, 0.4) is 0 Å². The number of carbonyl (C=O) groups excluding carboxylic acids is 2. The molecule has 2 aromatic carbocycles. The third kappa shape index (κ3) is 3.11. The SMILES string of the molecule is Cc1cccc(NC(=O)CN2C(=O)CCc3ccccc32)c1C. The van der Waals surface area contributed by atoms with Gasteiger partial charge in [0, 0.05) is 17.8 Å². The molecule has 0 aromatic heterocycles. The minimum atomic E-state index is -0.177. The predicted molar refractivity (Wildman–Crippen MR) is 91.7 cm³/mol. The normalized spacial score (nSPS) is 13.7. The van der Waals surface area contributed by atoms with Gasteiger partial charge in [-0.1, -0.05) is 30.3 Å². The van der Waals surface area contributed by atoms with E-state index in [9.17, 15) is 9.59 Å². The monoisotopic (exact) mass is 308 g/mol. The van der Waals surface area contributed by atoms with E-state index in [0.717, 1.165) is 34.5 Å². The Morgan fingerprint density at radius 2 is 1.87 bits per heavy atom. The molecule has 23 heavy (non-hydrogen) atoms. The average molecular weight is 308 g/mol. The zero-order chi connectivity index (χ0) is 16.4. The largest absolute Gasteiger partial charge is 0.324 e. The maximum atomic E-state index is 12.4. The first-order valence-electron chi connectivity index (χ1n) is 7.80. The molecule has 4 nitrogen and oxygen atoms in total. The van der Waals surface area contributed by atoms with Gasteiger partial charge in [-0.15, -0.1) is 0 Å². The molecule has 0 radical (unpaired) electrons. The fourth-order valence-corrected chi connectivity index (χ4v) is 2.89. The minimum absolute atomic E-state index is 0.000172. The summed E-state index contributed by atoms with van der Waals surface area (Å²) in [6.07, 6.45) is 1.19. The lowest BCUT2D eigenvalue weighted by molar-refractivity contribution is -0.121. The van der Waals surface area contributed by atoms with Crippen LogP contribution in [0.2, 0.25) is 0 Å². The summed E-state index contributed by atoms with van der Waals surface area (Å²) in [7, 11) is 0. The molecular formula is C19H20N2O2. The summed E-state index contributed by atoms with van der Waals surface area (Å²) in [5.41, 5.74) is 4.94. The Bertz CT molecular complexity index is 768. The van der Waals surface area contributed by atoms with E-state index in [1.54, 1.807) is 4.90 Å². The van der Waals surface area contributed by atoms with Crippen molar-refractivity contribution in [3.8, 4) is 0 Å². The number of hydrogen-bond acceptors (Lipinski definition) is 2. The predicted octanol–water partition coefficient (Wildman–Crippen LogP) is 3.22. The number of nitrogens with zero attached hydrogens (tertiary/aromatic N) is 1. The number of nitrogens with one attached hydrogen (secondary N) is 1. The summed E-state index contributed by atoms with van der Waals surface area (Å²) in [5.74, 6) is -0.177. The fraction of sp³-hybridized carbons (Fsp3) is 0.263. The molecule has 1 aliphatic heterocycles. The van der Waals surface area contributed by atoms with Crippen molar-refractivity contribution in [2.24, 2.45) is 0 Å². The van der Waals surface area contributed by atoms with Crippen molar-refractivity contribution >= 4 is 23.2 Å². The highest BCUT2D eigenvalue weighted by Crippen LogP contribution is 2.27. The summed E-state index contributed by atoms with van der Waals surface area (Å²) in [4.78, 5) is 26.2. The van der Waals surface area contributed by atoms with Crippen LogP contribution in [-0.2, 0) is 16.0 Å². The van der Waals surface area contributed by atoms with Crippen LogP contribution >= 0.6 is 0 Å². The second kappa shape index (κ2) is 6.24. The molecule has 0 saturated heterocycles. The van der Waals surface area contributed by atoms with E-state index in [4.69, 9.17) is 0 Å². The Labute approximate surface area is 136 Å². The quantitative estimate of drug-likeness (QED) is 0.946. The fourth-order valence-electron chi connectivity index (χ4n) is 2.89. The van der Waals surface area contributed by atoms with E-state index in [1.807, 2.05) is 56.3 Å². The number of hydrogen-bond donors (Lipinski definition) is 1. The summed E-state index contributed by atoms with van der Waals surface area (Å²) in [6.45, 7) is 4.03. The Morgan fingerprint density at radius 1 is 1.09 bits per heavy atom. The lowest BCUT2D eigenvalue weighted by atomic mass is 10.0. The molecule has 1 heterocycles. The number of para-hydroxylation sites is 1. The van der Waals surface area contributed by atoms with Gasteiger partial charge in [0.25, 0.3) is 0 Å². The van der Waals surface area contributed by atoms with Gasteiger partial charge in [-0.05, 0) is 49.1 Å². The van der Waals surface area contributed by atoms with Gasteiger partial charge in [0.05, 0.1) is 0 Å². The average Bonchev–Trinajstić information content (AvgIpc) is 2.54. The zero-order valence-corrected chi connectivity index (χ0v) is 13.4. The molecule has 0 unspecified atom stereocenters. The van der Waals surface area contributed by atoms with E-state index in [-0.39, 0.29) is 18.4 Å². The van der Waals surface area contributed by atoms with Gasteiger partial charge >= 0.3 is 0 Å². The number of benzene rings is 2. The molecule has 0 saturated carbocycles. The molecule has 118 valence electrons. The van der Waals surface area contributed by atoms with E-state index in [2.05, 4.69) is 5.32 Å². The van der Waals surface area contributed by atoms with Crippen LogP contribution in [-0.4, -0.2) is 18.4 Å². The number of aryl methyl sites for hydroxylation is 2. The van der Waals surface area contributed by atoms with Crippen molar-refractivity contribution < 1.29 is 9.59 Å². The van der Waals surface area contributed by atoms with Gasteiger partial charge in [-0.2, -0.15) is 0 Å². The van der Waals surface area contributed by atoms with Crippen LogP contribution in [0.15, 0.2) is 42.5 Å². The Hall–Kier alpha value is -2.62. The maximum absolute atomic E-state index is 12.4. The molecule has 2 amide bonds. The maximum Gasteiger partial charge on any atom is 0.244 e. The third-order valence-corrected chi connectivity index (χ3v) is 4.37. The number of amides is 2. The van der Waals surface area contributed by atoms with E-state index < -0.39 is 0 Å². The molecule has 0 aliphatic carbocycles. The summed E-state index contributed by atoms with van der Waals surface area (Å²) < 4.78 is 0. The lowest BCUT2D eigenvalue weighted by Crippen LogP contribution is -2.40. The Balaban J connectivity index is 1.78. The van der Waals surface area contributed by atoms with Crippen molar-refractivity contribution in [3.63, 3.8) is 0 Å². The van der Waals surface area contributed by atoms with Gasteiger partial charge < -0.3 is 10.2 Å². The van der Waals surface area contributed by atoms with Crippen molar-refractivity contribution in [1.82, 2.24) is 0 Å². The molecule has 1 N–H and O–H groups in total. The van der Waals surface area contributed by atoms with Crippen molar-refractivity contribution in [3.05, 3.63) is 59.2 Å². The van der Waals surface area contributed by atoms with Crippen LogP contribution in [0.4, 0.5) is 11.4 Å².